The molecule has 5 nitrogen and oxygen atoms in total. The lowest BCUT2D eigenvalue weighted by Crippen LogP contribution is -2.24. The molecule has 0 atom stereocenters. The number of thioether (sulfide) groups is 1. The van der Waals surface area contributed by atoms with Crippen molar-refractivity contribution in [3.63, 3.8) is 0 Å². The van der Waals surface area contributed by atoms with E-state index in [1.165, 1.54) is 16.6 Å². The van der Waals surface area contributed by atoms with E-state index in [1.54, 1.807) is 11.3 Å². The number of benzene rings is 1. The van der Waals surface area contributed by atoms with E-state index in [0.717, 1.165) is 35.1 Å². The Balaban J connectivity index is 1.58. The molecule has 1 aromatic carbocycles. The Labute approximate surface area is 172 Å². The summed E-state index contributed by atoms with van der Waals surface area (Å²) in [6.45, 7) is 5.44. The molecular weight excluding hydrogens is 400 g/mol. The van der Waals surface area contributed by atoms with Crippen molar-refractivity contribution in [2.45, 2.75) is 38.5 Å². The van der Waals surface area contributed by atoms with E-state index in [9.17, 15) is 4.79 Å². The zero-order chi connectivity index (χ0) is 19.2. The molecule has 0 spiro atoms. The molecule has 0 saturated heterocycles. The van der Waals surface area contributed by atoms with Gasteiger partial charge in [-0.25, -0.2) is 0 Å². The smallest absolute Gasteiger partial charge is 0.230 e. The monoisotopic (exact) mass is 420 g/mol. The lowest BCUT2D eigenvalue weighted by atomic mass is 10.2. The van der Waals surface area contributed by atoms with E-state index >= 15 is 0 Å². The molecule has 0 aliphatic rings. The Hall–Kier alpha value is -1.83. The molecule has 0 bridgehead atoms. The number of nitrogens with zero attached hydrogens (tertiary/aromatic N) is 3. The molecule has 1 amide bonds. The molecule has 3 rings (SSSR count). The van der Waals surface area contributed by atoms with E-state index in [4.69, 9.17) is 11.6 Å². The van der Waals surface area contributed by atoms with Crippen LogP contribution in [0.2, 0.25) is 5.02 Å². The van der Waals surface area contributed by atoms with Crippen LogP contribution in [0, 0.1) is 0 Å². The van der Waals surface area contributed by atoms with Crippen LogP contribution in [0.1, 0.15) is 24.3 Å². The molecule has 27 heavy (non-hydrogen) atoms. The summed E-state index contributed by atoms with van der Waals surface area (Å²) >= 11 is 9.01. The Morgan fingerprint density at radius 2 is 2.04 bits per heavy atom. The standard InChI is InChI=1S/C19H21ClN4OS2/c1-3-16-9-14(11-26-16)18-22-23-19(24(18)4-2)27-12-17(25)21-10-13-5-7-15(20)8-6-13/h5-9,11H,3-4,10,12H2,1-2H3,(H,21,25). The zero-order valence-corrected chi connectivity index (χ0v) is 17.6. The molecule has 0 radical (unpaired) electrons. The van der Waals surface area contributed by atoms with Crippen LogP contribution in [0.3, 0.4) is 0 Å². The predicted octanol–water partition coefficient (Wildman–Crippen LogP) is 4.65. The first-order valence-electron chi connectivity index (χ1n) is 8.75. The molecule has 0 saturated carbocycles. The third kappa shape index (κ3) is 5.12. The van der Waals surface area contributed by atoms with E-state index in [2.05, 4.69) is 45.4 Å². The highest BCUT2D eigenvalue weighted by atomic mass is 35.5. The topological polar surface area (TPSA) is 59.8 Å². The maximum Gasteiger partial charge on any atom is 0.230 e. The average molecular weight is 421 g/mol. The van der Waals surface area contributed by atoms with Gasteiger partial charge in [-0.3, -0.25) is 4.79 Å². The summed E-state index contributed by atoms with van der Waals surface area (Å²) in [5, 5.41) is 15.1. The van der Waals surface area contributed by atoms with Gasteiger partial charge in [0.05, 0.1) is 5.75 Å². The number of rotatable bonds is 8. The van der Waals surface area contributed by atoms with Gasteiger partial charge in [0, 0.05) is 33.9 Å². The van der Waals surface area contributed by atoms with Crippen molar-refractivity contribution >= 4 is 40.6 Å². The van der Waals surface area contributed by atoms with Crippen molar-refractivity contribution in [3.05, 3.63) is 51.2 Å². The van der Waals surface area contributed by atoms with Gasteiger partial charge in [0.1, 0.15) is 0 Å². The number of hydrogen-bond acceptors (Lipinski definition) is 5. The van der Waals surface area contributed by atoms with Gasteiger partial charge in [0.15, 0.2) is 11.0 Å². The summed E-state index contributed by atoms with van der Waals surface area (Å²) in [4.78, 5) is 13.5. The molecule has 2 heterocycles. The van der Waals surface area contributed by atoms with Crippen LogP contribution in [0.5, 0.6) is 0 Å². The number of halogens is 1. The fourth-order valence-electron chi connectivity index (χ4n) is 2.56. The first-order chi connectivity index (χ1) is 13.1. The van der Waals surface area contributed by atoms with Gasteiger partial charge in [-0.1, -0.05) is 42.4 Å². The van der Waals surface area contributed by atoms with Gasteiger partial charge in [-0.15, -0.1) is 21.5 Å². The Bertz CT molecular complexity index is 905. The molecular formula is C19H21ClN4OS2. The number of aryl methyl sites for hydroxylation is 1. The fourth-order valence-corrected chi connectivity index (χ4v) is 4.33. The quantitative estimate of drug-likeness (QED) is 0.539. The Morgan fingerprint density at radius 1 is 1.26 bits per heavy atom. The van der Waals surface area contributed by atoms with Crippen molar-refractivity contribution in [2.24, 2.45) is 0 Å². The number of aromatic nitrogens is 3. The van der Waals surface area contributed by atoms with Crippen molar-refractivity contribution in [2.75, 3.05) is 5.75 Å². The number of carbonyl (C=O) groups is 1. The highest BCUT2D eigenvalue weighted by molar-refractivity contribution is 7.99. The molecule has 2 aromatic heterocycles. The number of hydrogen-bond donors (Lipinski definition) is 1. The lowest BCUT2D eigenvalue weighted by Gasteiger charge is -2.07. The number of thiophene rings is 1. The van der Waals surface area contributed by atoms with E-state index < -0.39 is 0 Å². The summed E-state index contributed by atoms with van der Waals surface area (Å²) < 4.78 is 2.05. The van der Waals surface area contributed by atoms with Gasteiger partial charge in [-0.05, 0) is 37.1 Å². The molecule has 8 heteroatoms. The van der Waals surface area contributed by atoms with Gasteiger partial charge >= 0.3 is 0 Å². The second-order valence-electron chi connectivity index (χ2n) is 5.90. The van der Waals surface area contributed by atoms with Crippen LogP contribution in [-0.2, 0) is 24.3 Å². The second-order valence-corrected chi connectivity index (χ2v) is 8.27. The maximum atomic E-state index is 12.2. The molecule has 3 aromatic rings. The minimum absolute atomic E-state index is 0.0362. The summed E-state index contributed by atoms with van der Waals surface area (Å²) in [6.07, 6.45) is 1.01. The first kappa shape index (κ1) is 19.9. The van der Waals surface area contributed by atoms with Gasteiger partial charge in [0.2, 0.25) is 5.91 Å². The Morgan fingerprint density at radius 3 is 2.70 bits per heavy atom. The highest BCUT2D eigenvalue weighted by Gasteiger charge is 2.15. The molecule has 0 aliphatic carbocycles. The summed E-state index contributed by atoms with van der Waals surface area (Å²) in [5.74, 6) is 1.12. The summed E-state index contributed by atoms with van der Waals surface area (Å²) in [6, 6.07) is 9.60. The van der Waals surface area contributed by atoms with Crippen molar-refractivity contribution in [1.82, 2.24) is 20.1 Å². The molecule has 142 valence electrons. The summed E-state index contributed by atoms with van der Waals surface area (Å²) in [5.41, 5.74) is 2.10. The molecule has 1 N–H and O–H groups in total. The minimum Gasteiger partial charge on any atom is -0.351 e. The number of nitrogens with one attached hydrogen (secondary N) is 1. The Kier molecular flexibility index (Phi) is 6.93. The van der Waals surface area contributed by atoms with Crippen molar-refractivity contribution < 1.29 is 4.79 Å². The number of carbonyl (C=O) groups excluding carboxylic acids is 1. The minimum atomic E-state index is -0.0362. The van der Waals surface area contributed by atoms with Crippen LogP contribution in [0.4, 0.5) is 0 Å². The van der Waals surface area contributed by atoms with Gasteiger partial charge < -0.3 is 9.88 Å². The molecule has 0 aliphatic heterocycles. The second kappa shape index (κ2) is 9.39. The fraction of sp³-hybridized carbons (Fsp3) is 0.316. The van der Waals surface area contributed by atoms with Crippen molar-refractivity contribution in [3.8, 4) is 11.4 Å². The average Bonchev–Trinajstić information content (AvgIpc) is 3.31. The van der Waals surface area contributed by atoms with Crippen LogP contribution in [-0.4, -0.2) is 26.4 Å². The highest BCUT2D eigenvalue weighted by Crippen LogP contribution is 2.28. The van der Waals surface area contributed by atoms with E-state index in [1.807, 2.05) is 24.3 Å². The SMILES string of the molecule is CCc1cc(-c2nnc(SCC(=O)NCc3ccc(Cl)cc3)n2CC)cs1. The molecule has 0 unspecified atom stereocenters. The normalized spacial score (nSPS) is 10.9. The lowest BCUT2D eigenvalue weighted by molar-refractivity contribution is -0.118. The summed E-state index contributed by atoms with van der Waals surface area (Å²) in [7, 11) is 0. The number of amides is 1. The van der Waals surface area contributed by atoms with E-state index in [-0.39, 0.29) is 5.91 Å². The third-order valence-corrected chi connectivity index (χ3v) is 6.33. The molecule has 0 fully saturated rings. The third-order valence-electron chi connectivity index (χ3n) is 4.03. The van der Waals surface area contributed by atoms with Crippen LogP contribution in [0.15, 0.2) is 40.9 Å². The predicted molar refractivity (Wildman–Crippen MR) is 112 cm³/mol. The van der Waals surface area contributed by atoms with E-state index in [0.29, 0.717) is 17.3 Å². The maximum absolute atomic E-state index is 12.2. The van der Waals surface area contributed by atoms with Crippen LogP contribution >= 0.6 is 34.7 Å². The van der Waals surface area contributed by atoms with Crippen LogP contribution < -0.4 is 5.32 Å². The largest absolute Gasteiger partial charge is 0.351 e. The van der Waals surface area contributed by atoms with Gasteiger partial charge in [-0.2, -0.15) is 0 Å². The van der Waals surface area contributed by atoms with Crippen LogP contribution in [0.25, 0.3) is 11.4 Å². The van der Waals surface area contributed by atoms with Crippen molar-refractivity contribution in [1.29, 1.82) is 0 Å². The first-order valence-corrected chi connectivity index (χ1v) is 11.0. The zero-order valence-electron chi connectivity index (χ0n) is 15.2. The van der Waals surface area contributed by atoms with Gasteiger partial charge in [0.25, 0.3) is 0 Å².